The molecule has 6 heterocycles. The third-order valence-corrected chi connectivity index (χ3v) is 7.27. The molecule has 10 heteroatoms. The number of carbonyl (C=O) groups excluding carboxylic acids is 1. The van der Waals surface area contributed by atoms with Gasteiger partial charge in [-0.25, -0.2) is 9.50 Å². The third-order valence-electron chi connectivity index (χ3n) is 7.27. The lowest BCUT2D eigenvalue weighted by molar-refractivity contribution is -0.132. The van der Waals surface area contributed by atoms with Gasteiger partial charge in [-0.2, -0.15) is 15.5 Å². The van der Waals surface area contributed by atoms with Crippen molar-refractivity contribution in [3.63, 3.8) is 0 Å². The van der Waals surface area contributed by atoms with Crippen molar-refractivity contribution in [1.29, 1.82) is 5.26 Å². The first-order valence-corrected chi connectivity index (χ1v) is 12.6. The quantitative estimate of drug-likeness (QED) is 0.418. The molecule has 37 heavy (non-hydrogen) atoms. The van der Waals surface area contributed by atoms with Crippen LogP contribution >= 0.6 is 0 Å². The minimum atomic E-state index is 0.227. The normalized spacial score (nSPS) is 17.9. The molecule has 0 unspecified atom stereocenters. The molecule has 0 saturated carbocycles. The molecule has 1 amide bonds. The highest BCUT2D eigenvalue weighted by Gasteiger charge is 2.26. The number of hydrogen-bond acceptors (Lipinski definition) is 7. The van der Waals surface area contributed by atoms with Crippen LogP contribution in [0, 0.1) is 17.2 Å². The Morgan fingerprint density at radius 1 is 1.08 bits per heavy atom. The lowest BCUT2D eigenvalue weighted by Crippen LogP contribution is -2.49. The Balaban J connectivity index is 1.22. The van der Waals surface area contributed by atoms with Gasteiger partial charge in [0.25, 0.3) is 0 Å². The van der Waals surface area contributed by atoms with E-state index in [-0.39, 0.29) is 5.91 Å². The summed E-state index contributed by atoms with van der Waals surface area (Å²) in [5.74, 6) is 1.47. The number of anilines is 1. The molecule has 188 valence electrons. The van der Waals surface area contributed by atoms with E-state index in [1.165, 1.54) is 0 Å². The monoisotopic (exact) mass is 496 g/mol. The molecule has 0 spiro atoms. The molecule has 0 aliphatic carbocycles. The predicted octanol–water partition coefficient (Wildman–Crippen LogP) is 2.74. The Kier molecular flexibility index (Phi) is 6.06. The van der Waals surface area contributed by atoms with E-state index < -0.39 is 0 Å². The van der Waals surface area contributed by atoms with Crippen LogP contribution in [0.25, 0.3) is 27.8 Å². The molecule has 10 nitrogen and oxygen atoms in total. The van der Waals surface area contributed by atoms with Crippen molar-refractivity contribution >= 4 is 17.2 Å². The minimum absolute atomic E-state index is 0.227. The number of pyridine rings is 2. The molecule has 4 aromatic heterocycles. The van der Waals surface area contributed by atoms with Gasteiger partial charge in [-0.15, -0.1) is 0 Å². The fourth-order valence-electron chi connectivity index (χ4n) is 5.19. The average molecular weight is 497 g/mol. The van der Waals surface area contributed by atoms with Crippen LogP contribution in [-0.4, -0.2) is 74.6 Å². The van der Waals surface area contributed by atoms with Crippen molar-refractivity contribution in [2.24, 2.45) is 13.0 Å². The number of aromatic nitrogens is 5. The number of aryl methyl sites for hydroxylation is 1. The summed E-state index contributed by atoms with van der Waals surface area (Å²) in [7, 11) is 1.88. The fraction of sp³-hybridized carbons (Fsp3) is 0.370. The highest BCUT2D eigenvalue weighted by molar-refractivity contribution is 5.87. The highest BCUT2D eigenvalue weighted by Crippen LogP contribution is 2.32. The second kappa shape index (κ2) is 9.67. The summed E-state index contributed by atoms with van der Waals surface area (Å²) in [5.41, 5.74) is 4.99. The highest BCUT2D eigenvalue weighted by atomic mass is 16.5. The number of amides is 1. The molecule has 0 bridgehead atoms. The van der Waals surface area contributed by atoms with Gasteiger partial charge in [0.05, 0.1) is 23.5 Å². The maximum atomic E-state index is 12.7. The van der Waals surface area contributed by atoms with Crippen LogP contribution in [0.1, 0.15) is 18.4 Å². The second-order valence-electron chi connectivity index (χ2n) is 9.72. The van der Waals surface area contributed by atoms with Gasteiger partial charge in [0.1, 0.15) is 11.9 Å². The van der Waals surface area contributed by atoms with Crippen molar-refractivity contribution in [2.45, 2.75) is 12.8 Å². The topological polar surface area (TPSA) is 105 Å². The zero-order valence-corrected chi connectivity index (χ0v) is 20.7. The Labute approximate surface area is 214 Å². The maximum absolute atomic E-state index is 12.7. The van der Waals surface area contributed by atoms with E-state index in [9.17, 15) is 10.1 Å². The molecule has 1 atom stereocenters. The van der Waals surface area contributed by atoms with Crippen LogP contribution < -0.4 is 4.90 Å². The largest absolute Gasteiger partial charge is 0.381 e. The van der Waals surface area contributed by atoms with Gasteiger partial charge in [0, 0.05) is 93.7 Å². The van der Waals surface area contributed by atoms with Gasteiger partial charge in [-0.05, 0) is 30.5 Å². The maximum Gasteiger partial charge on any atom is 0.223 e. The lowest BCUT2D eigenvalue weighted by atomic mass is 10.0. The zero-order chi connectivity index (χ0) is 25.4. The van der Waals surface area contributed by atoms with E-state index >= 15 is 0 Å². The van der Waals surface area contributed by atoms with E-state index in [0.29, 0.717) is 37.6 Å². The minimum Gasteiger partial charge on any atom is -0.381 e. The van der Waals surface area contributed by atoms with Crippen LogP contribution in [0.5, 0.6) is 0 Å². The molecule has 6 rings (SSSR count). The summed E-state index contributed by atoms with van der Waals surface area (Å²) in [6, 6.07) is 8.37. The Bertz CT molecular complexity index is 1470. The fourth-order valence-corrected chi connectivity index (χ4v) is 5.19. The van der Waals surface area contributed by atoms with Crippen molar-refractivity contribution < 1.29 is 9.53 Å². The first-order chi connectivity index (χ1) is 18.1. The van der Waals surface area contributed by atoms with Gasteiger partial charge in [0.2, 0.25) is 5.91 Å². The molecule has 2 fully saturated rings. The van der Waals surface area contributed by atoms with Crippen LogP contribution in [0.2, 0.25) is 0 Å². The predicted molar refractivity (Wildman–Crippen MR) is 138 cm³/mol. The average Bonchev–Trinajstić information content (AvgIpc) is 3.69. The first kappa shape index (κ1) is 23.2. The van der Waals surface area contributed by atoms with Gasteiger partial charge in [-0.3, -0.25) is 9.48 Å². The molecule has 4 aromatic rings. The van der Waals surface area contributed by atoms with Gasteiger partial charge in [-0.1, -0.05) is 0 Å². The van der Waals surface area contributed by atoms with Crippen LogP contribution in [-0.2, 0) is 16.6 Å². The number of rotatable bonds is 5. The number of piperazine rings is 1. The van der Waals surface area contributed by atoms with Gasteiger partial charge < -0.3 is 14.5 Å². The standard InChI is InChI=1S/C27H28N8O2/c1-32-16-23(15-30-32)21-11-24(27-22(12-28)14-31-35(27)17-21)20-2-3-25(29-13-20)33-5-7-34(8-6-33)26(36)10-19-4-9-37-18-19/h2-3,11,13-17,19H,4-10,18H2,1H3/t19-/m0/s1. The summed E-state index contributed by atoms with van der Waals surface area (Å²) < 4.78 is 8.92. The van der Waals surface area contributed by atoms with E-state index in [1.54, 1.807) is 15.4 Å². The number of fused-ring (bicyclic) bond motifs is 1. The molecular weight excluding hydrogens is 468 g/mol. The molecule has 2 aliphatic rings. The Morgan fingerprint density at radius 2 is 1.95 bits per heavy atom. The first-order valence-electron chi connectivity index (χ1n) is 12.6. The molecule has 0 aromatic carbocycles. The van der Waals surface area contributed by atoms with Crippen molar-refractivity contribution in [2.75, 3.05) is 44.3 Å². The second-order valence-corrected chi connectivity index (χ2v) is 9.72. The number of ether oxygens (including phenoxy) is 1. The van der Waals surface area contributed by atoms with Crippen molar-refractivity contribution in [3.05, 3.63) is 54.7 Å². The summed E-state index contributed by atoms with van der Waals surface area (Å²) in [6.07, 6.45) is 10.7. The van der Waals surface area contributed by atoms with Crippen molar-refractivity contribution in [1.82, 2.24) is 29.3 Å². The molecule has 0 N–H and O–H groups in total. The van der Waals surface area contributed by atoms with Crippen LogP contribution in [0.4, 0.5) is 5.82 Å². The smallest absolute Gasteiger partial charge is 0.223 e. The number of hydrogen-bond donors (Lipinski definition) is 0. The molecule has 0 radical (unpaired) electrons. The van der Waals surface area contributed by atoms with E-state index in [0.717, 1.165) is 59.7 Å². The summed E-state index contributed by atoms with van der Waals surface area (Å²) >= 11 is 0. The van der Waals surface area contributed by atoms with Gasteiger partial charge in [0.15, 0.2) is 0 Å². The number of nitrogens with zero attached hydrogens (tertiary/aromatic N) is 8. The van der Waals surface area contributed by atoms with E-state index in [1.807, 2.05) is 48.9 Å². The summed E-state index contributed by atoms with van der Waals surface area (Å²) in [6.45, 7) is 4.37. The SMILES string of the molecule is Cn1cc(-c2cc(-c3ccc(N4CCN(C(=O)C[C@@H]5CCOC5)CC4)nc3)c3c(C#N)cnn3c2)cn1. The molecule has 2 saturated heterocycles. The van der Waals surface area contributed by atoms with Crippen LogP contribution in [0.15, 0.2) is 49.2 Å². The Morgan fingerprint density at radius 3 is 2.62 bits per heavy atom. The van der Waals surface area contributed by atoms with E-state index in [4.69, 9.17) is 9.72 Å². The van der Waals surface area contributed by atoms with Crippen molar-refractivity contribution in [3.8, 4) is 28.3 Å². The Hall–Kier alpha value is -4.23. The molecule has 2 aliphatic heterocycles. The summed E-state index contributed by atoms with van der Waals surface area (Å²) in [4.78, 5) is 21.6. The molecular formula is C27H28N8O2. The van der Waals surface area contributed by atoms with E-state index in [2.05, 4.69) is 27.2 Å². The number of carbonyl (C=O) groups is 1. The van der Waals surface area contributed by atoms with Crippen LogP contribution in [0.3, 0.4) is 0 Å². The number of nitriles is 1. The zero-order valence-electron chi connectivity index (χ0n) is 20.7. The lowest BCUT2D eigenvalue weighted by Gasteiger charge is -2.35. The summed E-state index contributed by atoms with van der Waals surface area (Å²) in [5, 5.41) is 18.4. The third kappa shape index (κ3) is 4.54. The van der Waals surface area contributed by atoms with Gasteiger partial charge >= 0.3 is 0 Å².